The van der Waals surface area contributed by atoms with Crippen LogP contribution in [-0.4, -0.2) is 25.8 Å². The zero-order chi connectivity index (χ0) is 10.8. The van der Waals surface area contributed by atoms with Gasteiger partial charge < -0.3 is 0 Å². The number of hydrogen-bond acceptors (Lipinski definition) is 2. The lowest BCUT2D eigenvalue weighted by atomic mass is 9.83. The van der Waals surface area contributed by atoms with Crippen molar-refractivity contribution >= 4 is 25.8 Å². The zero-order valence-electron chi connectivity index (χ0n) is 8.92. The Labute approximate surface area is 95.5 Å². The van der Waals surface area contributed by atoms with Crippen molar-refractivity contribution in [3.8, 4) is 0 Å². The van der Waals surface area contributed by atoms with Gasteiger partial charge in [0.05, 0.1) is 0 Å². The predicted octanol–water partition coefficient (Wildman–Crippen LogP) is 2.62. The van der Waals surface area contributed by atoms with Crippen molar-refractivity contribution in [2.24, 2.45) is 11.3 Å². The van der Waals surface area contributed by atoms with E-state index >= 15 is 0 Å². The van der Waals surface area contributed by atoms with E-state index in [4.69, 9.17) is 0 Å². The molecule has 1 rings (SSSR count). The molecule has 1 atom stereocenters. The van der Waals surface area contributed by atoms with Gasteiger partial charge in [0, 0.05) is 17.3 Å². The lowest BCUT2D eigenvalue weighted by Crippen LogP contribution is -2.22. The first kappa shape index (κ1) is 12.5. The van der Waals surface area contributed by atoms with Crippen molar-refractivity contribution in [1.82, 2.24) is 0 Å². The highest BCUT2D eigenvalue weighted by molar-refractivity contribution is 9.09. The molecular formula is C10H19BrO2S. The molecule has 0 aromatic heterocycles. The Morgan fingerprint density at radius 3 is 2.36 bits per heavy atom. The monoisotopic (exact) mass is 282 g/mol. The van der Waals surface area contributed by atoms with Crippen molar-refractivity contribution in [2.45, 2.75) is 32.6 Å². The quantitative estimate of drug-likeness (QED) is 0.702. The summed E-state index contributed by atoms with van der Waals surface area (Å²) in [6, 6.07) is 0. The molecule has 1 fully saturated rings. The number of alkyl halides is 1. The van der Waals surface area contributed by atoms with E-state index in [9.17, 15) is 8.42 Å². The molecule has 0 heterocycles. The summed E-state index contributed by atoms with van der Waals surface area (Å²) in [7, 11) is -2.78. The summed E-state index contributed by atoms with van der Waals surface area (Å²) in [6.07, 6.45) is 5.78. The Morgan fingerprint density at radius 2 is 2.00 bits per heavy atom. The average molecular weight is 283 g/mol. The van der Waals surface area contributed by atoms with Crippen LogP contribution in [0.1, 0.15) is 32.6 Å². The fourth-order valence-electron chi connectivity index (χ4n) is 1.90. The number of sulfone groups is 1. The van der Waals surface area contributed by atoms with Crippen molar-refractivity contribution in [3.63, 3.8) is 0 Å². The highest BCUT2D eigenvalue weighted by atomic mass is 79.9. The summed E-state index contributed by atoms with van der Waals surface area (Å²) in [5, 5.41) is 0.994. The summed E-state index contributed by atoms with van der Waals surface area (Å²) in [5.74, 6) is 1.16. The van der Waals surface area contributed by atoms with Crippen LogP contribution in [0.25, 0.3) is 0 Å². The Bertz CT molecular complexity index is 282. The van der Waals surface area contributed by atoms with E-state index in [0.717, 1.165) is 24.1 Å². The molecule has 0 aromatic carbocycles. The Hall–Kier alpha value is 0.430. The van der Waals surface area contributed by atoms with Crippen LogP contribution < -0.4 is 0 Å². The van der Waals surface area contributed by atoms with E-state index in [1.807, 2.05) is 0 Å². The highest BCUT2D eigenvalue weighted by Crippen LogP contribution is 2.49. The molecule has 14 heavy (non-hydrogen) atoms. The normalized spacial score (nSPS) is 21.9. The van der Waals surface area contributed by atoms with E-state index in [2.05, 4.69) is 22.9 Å². The third-order valence-corrected chi connectivity index (χ3v) is 5.44. The van der Waals surface area contributed by atoms with Gasteiger partial charge in [0.2, 0.25) is 0 Å². The lowest BCUT2D eigenvalue weighted by molar-refractivity contribution is 0.291. The number of hydrogen-bond donors (Lipinski definition) is 0. The first-order chi connectivity index (χ1) is 6.37. The van der Waals surface area contributed by atoms with Crippen LogP contribution in [0, 0.1) is 11.3 Å². The largest absolute Gasteiger partial charge is 0.229 e. The molecule has 0 bridgehead atoms. The fraction of sp³-hybridized carbons (Fsp3) is 1.00. The van der Waals surface area contributed by atoms with Gasteiger partial charge in [-0.3, -0.25) is 0 Å². The minimum Gasteiger partial charge on any atom is -0.229 e. The van der Waals surface area contributed by atoms with Crippen LogP contribution in [0.3, 0.4) is 0 Å². The van der Waals surface area contributed by atoms with Crippen molar-refractivity contribution in [2.75, 3.05) is 17.3 Å². The van der Waals surface area contributed by atoms with Crippen LogP contribution in [0.4, 0.5) is 0 Å². The van der Waals surface area contributed by atoms with Crippen LogP contribution in [0.2, 0.25) is 0 Å². The second-order valence-corrected chi connectivity index (χ2v) is 7.62. The van der Waals surface area contributed by atoms with Gasteiger partial charge in [-0.25, -0.2) is 8.42 Å². The van der Waals surface area contributed by atoms with Crippen molar-refractivity contribution in [1.29, 1.82) is 0 Å². The molecule has 2 nitrogen and oxygen atoms in total. The molecule has 0 N–H and O–H groups in total. The molecule has 0 aromatic rings. The van der Waals surface area contributed by atoms with Gasteiger partial charge in [0.1, 0.15) is 9.84 Å². The molecular weight excluding hydrogens is 264 g/mol. The third-order valence-electron chi connectivity index (χ3n) is 3.13. The van der Waals surface area contributed by atoms with E-state index in [1.54, 1.807) is 0 Å². The zero-order valence-corrected chi connectivity index (χ0v) is 11.3. The van der Waals surface area contributed by atoms with Gasteiger partial charge in [-0.2, -0.15) is 0 Å². The molecule has 0 saturated heterocycles. The molecule has 0 radical (unpaired) electrons. The second-order valence-electron chi connectivity index (χ2n) is 4.80. The smallest absolute Gasteiger partial charge is 0.147 e. The molecule has 1 saturated carbocycles. The van der Waals surface area contributed by atoms with Crippen molar-refractivity contribution < 1.29 is 8.42 Å². The number of halogens is 1. The molecule has 1 aliphatic rings. The van der Waals surface area contributed by atoms with Gasteiger partial charge in [-0.1, -0.05) is 22.9 Å². The summed E-state index contributed by atoms with van der Waals surface area (Å²) in [6.45, 7) is 2.27. The summed E-state index contributed by atoms with van der Waals surface area (Å²) >= 11 is 3.54. The van der Waals surface area contributed by atoms with Crippen molar-refractivity contribution in [3.05, 3.63) is 0 Å². The Kier molecular flexibility index (Phi) is 4.03. The predicted molar refractivity (Wildman–Crippen MR) is 63.6 cm³/mol. The van der Waals surface area contributed by atoms with Gasteiger partial charge in [-0.15, -0.1) is 0 Å². The SMILES string of the molecule is CC(CBr)(CCCS(C)(=O)=O)C1CC1. The summed E-state index contributed by atoms with van der Waals surface area (Å²) < 4.78 is 22.0. The Balaban J connectivity index is 2.34. The van der Waals surface area contributed by atoms with Gasteiger partial charge >= 0.3 is 0 Å². The fourth-order valence-corrected chi connectivity index (χ4v) is 3.31. The van der Waals surface area contributed by atoms with E-state index in [0.29, 0.717) is 11.2 Å². The highest BCUT2D eigenvalue weighted by Gasteiger charge is 2.40. The Morgan fingerprint density at radius 1 is 1.43 bits per heavy atom. The van der Waals surface area contributed by atoms with Crippen LogP contribution in [0.5, 0.6) is 0 Å². The van der Waals surface area contributed by atoms with E-state index in [-0.39, 0.29) is 0 Å². The maximum Gasteiger partial charge on any atom is 0.147 e. The molecule has 0 aliphatic heterocycles. The molecule has 4 heteroatoms. The summed E-state index contributed by atoms with van der Waals surface area (Å²) in [4.78, 5) is 0. The average Bonchev–Trinajstić information content (AvgIpc) is 2.83. The van der Waals surface area contributed by atoms with Crippen LogP contribution >= 0.6 is 15.9 Å². The van der Waals surface area contributed by atoms with Gasteiger partial charge in [0.25, 0.3) is 0 Å². The first-order valence-electron chi connectivity index (χ1n) is 5.11. The minimum absolute atomic E-state index is 0.324. The standard InChI is InChI=1S/C10H19BrO2S/c1-10(8-11,9-4-5-9)6-3-7-14(2,12)13/h9H,3-8H2,1-2H3. The van der Waals surface area contributed by atoms with Crippen LogP contribution in [-0.2, 0) is 9.84 Å². The first-order valence-corrected chi connectivity index (χ1v) is 8.29. The lowest BCUT2D eigenvalue weighted by Gasteiger charge is -2.27. The van der Waals surface area contributed by atoms with Gasteiger partial charge in [-0.05, 0) is 37.0 Å². The summed E-state index contributed by atoms with van der Waals surface area (Å²) in [5.41, 5.74) is 0.324. The number of rotatable bonds is 6. The molecule has 84 valence electrons. The van der Waals surface area contributed by atoms with E-state index < -0.39 is 9.84 Å². The third kappa shape index (κ3) is 3.89. The van der Waals surface area contributed by atoms with Gasteiger partial charge in [0.15, 0.2) is 0 Å². The van der Waals surface area contributed by atoms with Crippen LogP contribution in [0.15, 0.2) is 0 Å². The molecule has 1 unspecified atom stereocenters. The molecule has 1 aliphatic carbocycles. The molecule has 0 amide bonds. The minimum atomic E-state index is -2.78. The van der Waals surface area contributed by atoms with E-state index in [1.165, 1.54) is 19.1 Å². The second kappa shape index (κ2) is 4.52. The maximum absolute atomic E-state index is 11.0. The molecule has 0 spiro atoms. The topological polar surface area (TPSA) is 34.1 Å². The maximum atomic E-state index is 11.0.